The lowest BCUT2D eigenvalue weighted by Gasteiger charge is -2.28. The second-order valence-corrected chi connectivity index (χ2v) is 5.40. The molecule has 1 unspecified atom stereocenters. The maximum atomic E-state index is 10.6. The van der Waals surface area contributed by atoms with Gasteiger partial charge in [-0.2, -0.15) is 0 Å². The summed E-state index contributed by atoms with van der Waals surface area (Å²) in [5.74, 6) is 0.973. The monoisotopic (exact) mass is 267 g/mol. The van der Waals surface area contributed by atoms with E-state index in [9.17, 15) is 4.79 Å². The normalized spacial score (nSPS) is 17.8. The van der Waals surface area contributed by atoms with Crippen molar-refractivity contribution in [3.8, 4) is 5.75 Å². The highest BCUT2D eigenvalue weighted by atomic mass is 32.2. The first-order chi connectivity index (χ1) is 8.61. The fourth-order valence-corrected chi connectivity index (χ4v) is 3.26. The van der Waals surface area contributed by atoms with E-state index in [4.69, 9.17) is 9.84 Å². The minimum Gasteiger partial charge on any atom is -0.495 e. The highest BCUT2D eigenvalue weighted by Gasteiger charge is 2.23. The predicted molar refractivity (Wildman–Crippen MR) is 72.7 cm³/mol. The molecule has 0 saturated heterocycles. The molecule has 2 N–H and O–H groups in total. The van der Waals surface area contributed by atoms with Crippen molar-refractivity contribution in [2.45, 2.75) is 30.7 Å². The molecule has 0 saturated carbocycles. The molecule has 4 nitrogen and oxygen atoms in total. The van der Waals surface area contributed by atoms with Gasteiger partial charge < -0.3 is 15.2 Å². The lowest BCUT2D eigenvalue weighted by Crippen LogP contribution is -2.27. The second-order valence-electron chi connectivity index (χ2n) is 4.37. The van der Waals surface area contributed by atoms with Crippen molar-refractivity contribution in [1.29, 1.82) is 0 Å². The molecule has 5 heteroatoms. The fourth-order valence-electron chi connectivity index (χ4n) is 2.04. The number of carboxylic acid groups (broad SMARTS) is 1. The number of aliphatic carboxylic acids is 1. The van der Waals surface area contributed by atoms with E-state index in [-0.39, 0.29) is 12.5 Å². The molecule has 0 radical (unpaired) electrons. The van der Waals surface area contributed by atoms with E-state index in [0.29, 0.717) is 6.42 Å². The van der Waals surface area contributed by atoms with Gasteiger partial charge in [0, 0.05) is 23.1 Å². The zero-order chi connectivity index (χ0) is 13.1. The molecule has 1 aromatic rings. The molecular formula is C13H17NO3S. The van der Waals surface area contributed by atoms with Gasteiger partial charge >= 0.3 is 5.97 Å². The molecule has 1 aliphatic rings. The van der Waals surface area contributed by atoms with E-state index in [1.54, 1.807) is 18.9 Å². The number of anilines is 1. The Bertz CT molecular complexity index is 462. The molecule has 1 heterocycles. The zero-order valence-electron chi connectivity index (χ0n) is 10.5. The summed E-state index contributed by atoms with van der Waals surface area (Å²) in [5, 5.41) is 12.1. The molecule has 18 heavy (non-hydrogen) atoms. The van der Waals surface area contributed by atoms with Gasteiger partial charge in [0.1, 0.15) is 5.75 Å². The minimum atomic E-state index is -0.746. The standard InChI is InChI=1S/C13H17NO3S/c1-8-3-5-10(17-2)12-13(8)18-7-9(14-12)4-6-11(15)16/h3,5,9,14H,4,6-7H2,1-2H3,(H,15,16). The molecule has 1 aliphatic heterocycles. The smallest absolute Gasteiger partial charge is 0.303 e. The van der Waals surface area contributed by atoms with Crippen molar-refractivity contribution in [2.75, 3.05) is 18.2 Å². The summed E-state index contributed by atoms with van der Waals surface area (Å²) in [6.45, 7) is 2.07. The minimum absolute atomic E-state index is 0.189. The van der Waals surface area contributed by atoms with Crippen molar-refractivity contribution in [3.05, 3.63) is 17.7 Å². The van der Waals surface area contributed by atoms with Gasteiger partial charge in [0.2, 0.25) is 0 Å². The van der Waals surface area contributed by atoms with Crippen LogP contribution in [0.2, 0.25) is 0 Å². The quantitative estimate of drug-likeness (QED) is 0.878. The Hall–Kier alpha value is -1.36. The topological polar surface area (TPSA) is 58.6 Å². The van der Waals surface area contributed by atoms with Crippen LogP contribution in [0.3, 0.4) is 0 Å². The van der Waals surface area contributed by atoms with Crippen LogP contribution in [0.5, 0.6) is 5.75 Å². The lowest BCUT2D eigenvalue weighted by molar-refractivity contribution is -0.137. The van der Waals surface area contributed by atoms with E-state index in [1.807, 2.05) is 12.1 Å². The van der Waals surface area contributed by atoms with Crippen LogP contribution in [0, 0.1) is 6.92 Å². The van der Waals surface area contributed by atoms with Gasteiger partial charge in [0.05, 0.1) is 12.8 Å². The molecule has 1 aromatic carbocycles. The number of thioether (sulfide) groups is 1. The van der Waals surface area contributed by atoms with E-state index >= 15 is 0 Å². The SMILES string of the molecule is COc1ccc(C)c2c1NC(CCC(=O)O)CS2. The first kappa shape index (κ1) is 13.1. The number of carbonyl (C=O) groups is 1. The number of carboxylic acids is 1. The van der Waals surface area contributed by atoms with Crippen molar-refractivity contribution < 1.29 is 14.6 Å². The van der Waals surface area contributed by atoms with Gasteiger partial charge in [0.15, 0.2) is 0 Å². The number of ether oxygens (including phenoxy) is 1. The number of hydrogen-bond acceptors (Lipinski definition) is 4. The van der Waals surface area contributed by atoms with Crippen LogP contribution in [0.15, 0.2) is 17.0 Å². The number of nitrogens with one attached hydrogen (secondary N) is 1. The summed E-state index contributed by atoms with van der Waals surface area (Å²) in [7, 11) is 1.65. The highest BCUT2D eigenvalue weighted by molar-refractivity contribution is 7.99. The molecule has 2 rings (SSSR count). The van der Waals surface area contributed by atoms with Crippen LogP contribution < -0.4 is 10.1 Å². The van der Waals surface area contributed by atoms with Gasteiger partial charge in [-0.15, -0.1) is 11.8 Å². The number of methoxy groups -OCH3 is 1. The lowest BCUT2D eigenvalue weighted by atomic mass is 10.1. The predicted octanol–water partition coefficient (Wildman–Crippen LogP) is 2.75. The van der Waals surface area contributed by atoms with E-state index in [0.717, 1.165) is 17.2 Å². The Labute approximate surface area is 111 Å². The van der Waals surface area contributed by atoms with Crippen LogP contribution in [0.1, 0.15) is 18.4 Å². The van der Waals surface area contributed by atoms with Gasteiger partial charge in [-0.3, -0.25) is 4.79 Å². The number of benzene rings is 1. The third-order valence-electron chi connectivity index (χ3n) is 3.02. The van der Waals surface area contributed by atoms with Gasteiger partial charge in [-0.1, -0.05) is 6.07 Å². The Kier molecular flexibility index (Phi) is 4.01. The Morgan fingerprint density at radius 3 is 3.06 bits per heavy atom. The summed E-state index contributed by atoms with van der Waals surface area (Å²) >= 11 is 1.77. The molecular weight excluding hydrogens is 250 g/mol. The number of aryl methyl sites for hydroxylation is 1. The Morgan fingerprint density at radius 2 is 2.39 bits per heavy atom. The van der Waals surface area contributed by atoms with Crippen molar-refractivity contribution >= 4 is 23.4 Å². The van der Waals surface area contributed by atoms with Gasteiger partial charge in [0.25, 0.3) is 0 Å². The summed E-state index contributed by atoms with van der Waals surface area (Å²) in [6, 6.07) is 4.18. The maximum absolute atomic E-state index is 10.6. The van der Waals surface area contributed by atoms with Crippen molar-refractivity contribution in [3.63, 3.8) is 0 Å². The zero-order valence-corrected chi connectivity index (χ0v) is 11.3. The second kappa shape index (κ2) is 5.52. The average Bonchev–Trinajstić information content (AvgIpc) is 2.37. The molecule has 0 bridgehead atoms. The molecule has 0 fully saturated rings. The van der Waals surface area contributed by atoms with Crippen molar-refractivity contribution in [2.24, 2.45) is 0 Å². The summed E-state index contributed by atoms with van der Waals surface area (Å²) in [5.41, 5.74) is 2.23. The van der Waals surface area contributed by atoms with E-state index in [1.165, 1.54) is 10.5 Å². The summed E-state index contributed by atoms with van der Waals surface area (Å²) in [6.07, 6.45) is 0.834. The van der Waals surface area contributed by atoms with Crippen LogP contribution in [0.4, 0.5) is 5.69 Å². The van der Waals surface area contributed by atoms with Crippen LogP contribution >= 0.6 is 11.8 Å². The Morgan fingerprint density at radius 1 is 1.61 bits per heavy atom. The maximum Gasteiger partial charge on any atom is 0.303 e. The fraction of sp³-hybridized carbons (Fsp3) is 0.462. The van der Waals surface area contributed by atoms with E-state index in [2.05, 4.69) is 12.2 Å². The molecule has 1 atom stereocenters. The average molecular weight is 267 g/mol. The largest absolute Gasteiger partial charge is 0.495 e. The molecule has 0 aromatic heterocycles. The highest BCUT2D eigenvalue weighted by Crippen LogP contribution is 2.42. The molecule has 0 amide bonds. The van der Waals surface area contributed by atoms with E-state index < -0.39 is 5.97 Å². The first-order valence-corrected chi connectivity index (χ1v) is 6.89. The number of hydrogen-bond donors (Lipinski definition) is 2. The number of rotatable bonds is 4. The summed E-state index contributed by atoms with van der Waals surface area (Å²) in [4.78, 5) is 11.8. The third-order valence-corrected chi connectivity index (χ3v) is 4.40. The van der Waals surface area contributed by atoms with Crippen LogP contribution in [0.25, 0.3) is 0 Å². The molecule has 0 aliphatic carbocycles. The Balaban J connectivity index is 2.17. The summed E-state index contributed by atoms with van der Waals surface area (Å²) < 4.78 is 5.35. The third kappa shape index (κ3) is 2.72. The molecule has 98 valence electrons. The first-order valence-electron chi connectivity index (χ1n) is 5.90. The van der Waals surface area contributed by atoms with Crippen LogP contribution in [-0.2, 0) is 4.79 Å². The van der Waals surface area contributed by atoms with Gasteiger partial charge in [-0.25, -0.2) is 0 Å². The number of fused-ring (bicyclic) bond motifs is 1. The van der Waals surface area contributed by atoms with Crippen molar-refractivity contribution in [1.82, 2.24) is 0 Å². The van der Waals surface area contributed by atoms with Gasteiger partial charge in [-0.05, 0) is 25.0 Å². The molecule has 0 spiro atoms. The van der Waals surface area contributed by atoms with Crippen LogP contribution in [-0.4, -0.2) is 30.0 Å².